The van der Waals surface area contributed by atoms with Crippen molar-refractivity contribution in [2.45, 2.75) is 23.3 Å². The largest absolute Gasteiger partial charge is 0.478 e. The Kier molecular flexibility index (Phi) is 3.96. The average molecular weight is 314 g/mol. The van der Waals surface area contributed by atoms with Gasteiger partial charge in [-0.1, -0.05) is 0 Å². The Hall–Kier alpha value is -1.64. The molecular weight excluding hydrogens is 296 g/mol. The molecule has 3 N–H and O–H groups in total. The van der Waals surface area contributed by atoms with Crippen LogP contribution in [0.1, 0.15) is 23.2 Å². The van der Waals surface area contributed by atoms with E-state index in [4.69, 9.17) is 0 Å². The zero-order valence-corrected chi connectivity index (χ0v) is 12.6. The van der Waals surface area contributed by atoms with Crippen LogP contribution in [0.15, 0.2) is 23.1 Å². The van der Waals surface area contributed by atoms with Crippen LogP contribution in [-0.4, -0.2) is 55.1 Å². The van der Waals surface area contributed by atoms with Gasteiger partial charge >= 0.3 is 5.97 Å². The number of aliphatic hydroxyl groups is 1. The minimum atomic E-state index is -3.69. The quantitative estimate of drug-likeness (QED) is 0.709. The standard InChI is InChI=1S/C13H18N2O5S/c1-15(2)21(19,20)9-3-4-11(10(7-9)12(17)18)14-13(8-16)5-6-13/h3-4,7,14,16H,5-6,8H2,1-2H3,(H,17,18). The number of benzene rings is 1. The number of rotatable bonds is 6. The summed E-state index contributed by atoms with van der Waals surface area (Å²) in [4.78, 5) is 11.3. The molecule has 0 bridgehead atoms. The maximum Gasteiger partial charge on any atom is 0.337 e. The number of nitrogens with zero attached hydrogens (tertiary/aromatic N) is 1. The van der Waals surface area contributed by atoms with E-state index in [2.05, 4.69) is 5.32 Å². The molecule has 8 heteroatoms. The van der Waals surface area contributed by atoms with E-state index in [-0.39, 0.29) is 17.1 Å². The van der Waals surface area contributed by atoms with Crippen LogP contribution in [0.4, 0.5) is 5.69 Å². The van der Waals surface area contributed by atoms with E-state index in [1.54, 1.807) is 0 Å². The molecule has 0 radical (unpaired) electrons. The first kappa shape index (κ1) is 15.7. The number of nitrogens with one attached hydrogen (secondary N) is 1. The lowest BCUT2D eigenvalue weighted by Crippen LogP contribution is -2.27. The van der Waals surface area contributed by atoms with Gasteiger partial charge in [0.05, 0.1) is 22.6 Å². The van der Waals surface area contributed by atoms with Crippen LogP contribution in [0, 0.1) is 0 Å². The van der Waals surface area contributed by atoms with Crippen molar-refractivity contribution < 1.29 is 23.4 Å². The average Bonchev–Trinajstić information content (AvgIpc) is 3.18. The number of aromatic carboxylic acids is 1. The van der Waals surface area contributed by atoms with Gasteiger partial charge in [0, 0.05) is 19.8 Å². The first-order valence-corrected chi connectivity index (χ1v) is 7.85. The highest BCUT2D eigenvalue weighted by Gasteiger charge is 2.42. The molecule has 0 saturated heterocycles. The van der Waals surface area contributed by atoms with Crippen LogP contribution in [-0.2, 0) is 10.0 Å². The van der Waals surface area contributed by atoms with E-state index in [1.807, 2.05) is 0 Å². The van der Waals surface area contributed by atoms with Crippen molar-refractivity contribution in [1.29, 1.82) is 0 Å². The molecule has 1 aromatic carbocycles. The number of aliphatic hydroxyl groups excluding tert-OH is 1. The molecule has 0 unspecified atom stereocenters. The van der Waals surface area contributed by atoms with Crippen LogP contribution < -0.4 is 5.32 Å². The summed E-state index contributed by atoms with van der Waals surface area (Å²) in [5.74, 6) is -1.22. The van der Waals surface area contributed by atoms with E-state index < -0.39 is 21.5 Å². The first-order chi connectivity index (χ1) is 9.72. The second-order valence-electron chi connectivity index (χ2n) is 5.36. The van der Waals surface area contributed by atoms with Crippen molar-refractivity contribution in [3.63, 3.8) is 0 Å². The molecule has 1 fully saturated rings. The predicted octanol–water partition coefficient (Wildman–Crippen LogP) is 0.572. The van der Waals surface area contributed by atoms with Crippen LogP contribution in [0.25, 0.3) is 0 Å². The highest BCUT2D eigenvalue weighted by atomic mass is 32.2. The van der Waals surface area contributed by atoms with Gasteiger partial charge in [-0.25, -0.2) is 17.5 Å². The number of anilines is 1. The maximum atomic E-state index is 12.0. The molecule has 116 valence electrons. The molecule has 7 nitrogen and oxygen atoms in total. The van der Waals surface area contributed by atoms with Crippen LogP contribution in [0.3, 0.4) is 0 Å². The fraction of sp³-hybridized carbons (Fsp3) is 0.462. The van der Waals surface area contributed by atoms with E-state index in [0.717, 1.165) is 23.2 Å². The van der Waals surface area contributed by atoms with Crippen molar-refractivity contribution >= 4 is 21.7 Å². The summed E-state index contributed by atoms with van der Waals surface area (Å²) in [5.41, 5.74) is -0.295. The van der Waals surface area contributed by atoms with Crippen molar-refractivity contribution in [3.05, 3.63) is 23.8 Å². The van der Waals surface area contributed by atoms with Gasteiger partial charge in [-0.05, 0) is 31.0 Å². The lowest BCUT2D eigenvalue weighted by molar-refractivity contribution is 0.0697. The van der Waals surface area contributed by atoms with E-state index in [0.29, 0.717) is 5.69 Å². The fourth-order valence-electron chi connectivity index (χ4n) is 1.94. The Balaban J connectivity index is 2.43. The number of carbonyl (C=O) groups is 1. The highest BCUT2D eigenvalue weighted by molar-refractivity contribution is 7.89. The summed E-state index contributed by atoms with van der Waals surface area (Å²) in [6, 6.07) is 3.92. The van der Waals surface area contributed by atoms with Gasteiger partial charge in [-0.15, -0.1) is 0 Å². The summed E-state index contributed by atoms with van der Waals surface area (Å²) in [7, 11) is -0.927. The van der Waals surface area contributed by atoms with Crippen molar-refractivity contribution in [2.75, 3.05) is 26.0 Å². The van der Waals surface area contributed by atoms with Gasteiger partial charge in [-0.2, -0.15) is 0 Å². The van der Waals surface area contributed by atoms with E-state index in [1.165, 1.54) is 26.2 Å². The SMILES string of the molecule is CN(C)S(=O)(=O)c1ccc(NC2(CO)CC2)c(C(=O)O)c1. The van der Waals surface area contributed by atoms with Crippen molar-refractivity contribution in [2.24, 2.45) is 0 Å². The molecule has 1 aliphatic rings. The van der Waals surface area contributed by atoms with E-state index >= 15 is 0 Å². The van der Waals surface area contributed by atoms with Crippen LogP contribution in [0.2, 0.25) is 0 Å². The predicted molar refractivity (Wildman–Crippen MR) is 76.9 cm³/mol. The number of carboxylic acids is 1. The molecule has 1 aliphatic carbocycles. The molecule has 0 aliphatic heterocycles. The molecule has 1 aromatic rings. The molecule has 0 spiro atoms. The zero-order chi connectivity index (χ0) is 15.8. The Morgan fingerprint density at radius 1 is 1.38 bits per heavy atom. The second kappa shape index (κ2) is 5.28. The summed E-state index contributed by atoms with van der Waals surface area (Å²) in [6.45, 7) is -0.0934. The maximum absolute atomic E-state index is 12.0. The number of hydrogen-bond acceptors (Lipinski definition) is 5. The molecule has 21 heavy (non-hydrogen) atoms. The minimum Gasteiger partial charge on any atom is -0.478 e. The Morgan fingerprint density at radius 2 is 2.00 bits per heavy atom. The minimum absolute atomic E-state index is 0.0794. The first-order valence-electron chi connectivity index (χ1n) is 6.41. The fourth-order valence-corrected chi connectivity index (χ4v) is 2.87. The lowest BCUT2D eigenvalue weighted by atomic mass is 10.1. The number of carboxylic acid groups (broad SMARTS) is 1. The molecule has 1 saturated carbocycles. The smallest absolute Gasteiger partial charge is 0.337 e. The summed E-state index contributed by atoms with van der Waals surface area (Å²) in [6.07, 6.45) is 1.50. The molecule has 0 aromatic heterocycles. The zero-order valence-electron chi connectivity index (χ0n) is 11.8. The summed E-state index contributed by atoms with van der Waals surface area (Å²) >= 11 is 0. The van der Waals surface area contributed by atoms with Gasteiger partial charge in [-0.3, -0.25) is 0 Å². The van der Waals surface area contributed by atoms with Crippen molar-refractivity contribution in [3.8, 4) is 0 Å². The number of sulfonamides is 1. The Labute approximate surface area is 123 Å². The van der Waals surface area contributed by atoms with Gasteiger partial charge < -0.3 is 15.5 Å². The van der Waals surface area contributed by atoms with Crippen molar-refractivity contribution in [1.82, 2.24) is 4.31 Å². The van der Waals surface area contributed by atoms with Gasteiger partial charge in [0.15, 0.2) is 0 Å². The third-order valence-corrected chi connectivity index (χ3v) is 5.37. The topological polar surface area (TPSA) is 107 Å². The Morgan fingerprint density at radius 3 is 2.43 bits per heavy atom. The summed E-state index contributed by atoms with van der Waals surface area (Å²) < 4.78 is 25.1. The van der Waals surface area contributed by atoms with Gasteiger partial charge in [0.2, 0.25) is 10.0 Å². The van der Waals surface area contributed by atoms with Gasteiger partial charge in [0.25, 0.3) is 0 Å². The third-order valence-electron chi connectivity index (χ3n) is 3.56. The molecule has 0 heterocycles. The molecular formula is C13H18N2O5S. The molecule has 2 rings (SSSR count). The second-order valence-corrected chi connectivity index (χ2v) is 7.52. The molecule has 0 amide bonds. The van der Waals surface area contributed by atoms with Crippen LogP contribution in [0.5, 0.6) is 0 Å². The monoisotopic (exact) mass is 314 g/mol. The summed E-state index contributed by atoms with van der Waals surface area (Å²) in [5, 5.41) is 21.6. The Bertz CT molecular complexity index is 665. The lowest BCUT2D eigenvalue weighted by Gasteiger charge is -2.19. The molecule has 0 atom stereocenters. The number of hydrogen-bond donors (Lipinski definition) is 3. The normalized spacial score (nSPS) is 16.8. The van der Waals surface area contributed by atoms with E-state index in [9.17, 15) is 23.4 Å². The highest BCUT2D eigenvalue weighted by Crippen LogP contribution is 2.39. The van der Waals surface area contributed by atoms with Gasteiger partial charge in [0.1, 0.15) is 0 Å². The van der Waals surface area contributed by atoms with Crippen LogP contribution >= 0.6 is 0 Å². The third kappa shape index (κ3) is 3.02.